The average molecular weight is 415 g/mol. The Balaban J connectivity index is 1.90. The van der Waals surface area contributed by atoms with Gasteiger partial charge in [-0.15, -0.1) is 11.3 Å². The van der Waals surface area contributed by atoms with Gasteiger partial charge in [0.15, 0.2) is 5.13 Å². The summed E-state index contributed by atoms with van der Waals surface area (Å²) in [7, 11) is 0. The third kappa shape index (κ3) is 3.52. The number of hydrogen-bond acceptors (Lipinski definition) is 5. The molecule has 1 N–H and O–H groups in total. The number of aliphatic imine (C=N–C) groups is 1. The summed E-state index contributed by atoms with van der Waals surface area (Å²) in [5, 5.41) is 13.4. The van der Waals surface area contributed by atoms with Crippen molar-refractivity contribution in [3.63, 3.8) is 0 Å². The van der Waals surface area contributed by atoms with Crippen LogP contribution in [-0.4, -0.2) is 20.9 Å². The molecule has 5 nitrogen and oxygen atoms in total. The Kier molecular flexibility index (Phi) is 4.67. The van der Waals surface area contributed by atoms with Crippen LogP contribution in [0.3, 0.4) is 0 Å². The van der Waals surface area contributed by atoms with Crippen molar-refractivity contribution in [2.75, 3.05) is 0 Å². The molecule has 0 fully saturated rings. The predicted molar refractivity (Wildman–Crippen MR) is 106 cm³/mol. The molecule has 2 aromatic heterocycles. The van der Waals surface area contributed by atoms with Gasteiger partial charge in [0.25, 0.3) is 5.56 Å². The van der Waals surface area contributed by atoms with Gasteiger partial charge >= 0.3 is 6.18 Å². The molecule has 0 unspecified atom stereocenters. The summed E-state index contributed by atoms with van der Waals surface area (Å²) in [5.41, 5.74) is -1.01. The molecule has 0 saturated carbocycles. The summed E-state index contributed by atoms with van der Waals surface area (Å²) in [6.07, 6.45) is -1.74. The van der Waals surface area contributed by atoms with E-state index in [9.17, 15) is 23.1 Å². The number of benzene rings is 2. The van der Waals surface area contributed by atoms with E-state index >= 15 is 0 Å². The Bertz CT molecular complexity index is 1280. The molecular formula is C20H12F3N3O2S. The number of pyridine rings is 1. The number of rotatable bonds is 3. The summed E-state index contributed by atoms with van der Waals surface area (Å²) in [6.45, 7) is 0. The van der Waals surface area contributed by atoms with Crippen LogP contribution in [0.25, 0.3) is 15.9 Å². The van der Waals surface area contributed by atoms with E-state index in [-0.39, 0.29) is 22.3 Å². The monoisotopic (exact) mass is 415 g/mol. The zero-order valence-corrected chi connectivity index (χ0v) is 15.4. The van der Waals surface area contributed by atoms with Crippen LogP contribution in [-0.2, 0) is 6.18 Å². The molecule has 0 atom stereocenters. The Morgan fingerprint density at radius 1 is 1.10 bits per heavy atom. The molecule has 29 heavy (non-hydrogen) atoms. The maximum Gasteiger partial charge on any atom is 0.416 e. The van der Waals surface area contributed by atoms with Crippen LogP contribution in [0.2, 0.25) is 0 Å². The van der Waals surface area contributed by atoms with E-state index in [1.165, 1.54) is 24.5 Å². The summed E-state index contributed by atoms with van der Waals surface area (Å²) >= 11 is 1.16. The molecule has 2 heterocycles. The van der Waals surface area contributed by atoms with Crippen molar-refractivity contribution >= 4 is 34.0 Å². The SMILES string of the molecule is O=c1c2ccccc2c(C=Nc2cccc(C(F)(F)F)c2)c(O)n1-c1nccs1. The van der Waals surface area contributed by atoms with Gasteiger partial charge in [-0.1, -0.05) is 24.3 Å². The lowest BCUT2D eigenvalue weighted by Crippen LogP contribution is -2.19. The molecule has 4 rings (SSSR count). The van der Waals surface area contributed by atoms with Gasteiger partial charge in [0.05, 0.1) is 16.8 Å². The molecule has 0 aliphatic carbocycles. The fourth-order valence-electron chi connectivity index (χ4n) is 2.89. The largest absolute Gasteiger partial charge is 0.494 e. The van der Waals surface area contributed by atoms with Crippen LogP contribution >= 0.6 is 11.3 Å². The standard InChI is InChI=1S/C20H12F3N3O2S/c21-20(22,23)12-4-3-5-13(10-12)25-11-16-14-6-1-2-7-15(14)17(27)26(18(16)28)19-24-8-9-29-19/h1-11,28H. The molecular weight excluding hydrogens is 403 g/mol. The van der Waals surface area contributed by atoms with Crippen molar-refractivity contribution in [3.05, 3.63) is 81.6 Å². The van der Waals surface area contributed by atoms with E-state index < -0.39 is 17.3 Å². The van der Waals surface area contributed by atoms with Crippen LogP contribution in [0.1, 0.15) is 11.1 Å². The topological polar surface area (TPSA) is 67.5 Å². The minimum atomic E-state index is -4.49. The minimum Gasteiger partial charge on any atom is -0.494 e. The summed E-state index contributed by atoms with van der Waals surface area (Å²) in [4.78, 5) is 21.0. The van der Waals surface area contributed by atoms with Gasteiger partial charge in [-0.2, -0.15) is 13.2 Å². The van der Waals surface area contributed by atoms with Gasteiger partial charge in [0.2, 0.25) is 5.88 Å². The number of aromatic nitrogens is 2. The number of halogens is 3. The summed E-state index contributed by atoms with van der Waals surface area (Å²) in [5.74, 6) is -0.389. The van der Waals surface area contributed by atoms with Crippen molar-refractivity contribution in [1.82, 2.24) is 9.55 Å². The van der Waals surface area contributed by atoms with E-state index in [0.29, 0.717) is 10.8 Å². The highest BCUT2D eigenvalue weighted by atomic mass is 32.1. The van der Waals surface area contributed by atoms with Crippen LogP contribution < -0.4 is 5.56 Å². The molecule has 146 valence electrons. The molecule has 0 amide bonds. The molecule has 0 aliphatic heterocycles. The molecule has 9 heteroatoms. The van der Waals surface area contributed by atoms with Crippen molar-refractivity contribution in [3.8, 4) is 11.0 Å². The van der Waals surface area contributed by atoms with Crippen LogP contribution in [0.4, 0.5) is 18.9 Å². The quantitative estimate of drug-likeness (QED) is 0.483. The average Bonchev–Trinajstić information content (AvgIpc) is 3.22. The minimum absolute atomic E-state index is 0.0651. The summed E-state index contributed by atoms with van der Waals surface area (Å²) < 4.78 is 39.8. The Morgan fingerprint density at radius 2 is 1.86 bits per heavy atom. The maximum absolute atomic E-state index is 12.9. The normalized spacial score (nSPS) is 12.1. The van der Waals surface area contributed by atoms with Gasteiger partial charge in [-0.05, 0) is 24.3 Å². The molecule has 0 spiro atoms. The molecule has 0 aliphatic rings. The second-order valence-electron chi connectivity index (χ2n) is 6.04. The lowest BCUT2D eigenvalue weighted by molar-refractivity contribution is -0.137. The fraction of sp³-hybridized carbons (Fsp3) is 0.0500. The highest BCUT2D eigenvalue weighted by molar-refractivity contribution is 7.12. The van der Waals surface area contributed by atoms with Gasteiger partial charge in [0, 0.05) is 28.6 Å². The second-order valence-corrected chi connectivity index (χ2v) is 6.92. The highest BCUT2D eigenvalue weighted by Gasteiger charge is 2.30. The number of hydrogen-bond donors (Lipinski definition) is 1. The molecule has 0 bridgehead atoms. The fourth-order valence-corrected chi connectivity index (χ4v) is 3.53. The van der Waals surface area contributed by atoms with E-state index in [1.807, 2.05) is 0 Å². The van der Waals surface area contributed by atoms with Gasteiger partial charge in [0.1, 0.15) is 0 Å². The Hall–Kier alpha value is -3.46. The zero-order valence-electron chi connectivity index (χ0n) is 14.6. The van der Waals surface area contributed by atoms with Crippen molar-refractivity contribution in [2.24, 2.45) is 4.99 Å². The first-order valence-corrected chi connectivity index (χ1v) is 9.22. The maximum atomic E-state index is 12.9. The van der Waals surface area contributed by atoms with Crippen LogP contribution in [0, 0.1) is 0 Å². The molecule has 4 aromatic rings. The first-order valence-electron chi connectivity index (χ1n) is 8.34. The number of thiazole rings is 1. The lowest BCUT2D eigenvalue weighted by atomic mass is 10.1. The first kappa shape index (κ1) is 18.9. The number of fused-ring (bicyclic) bond motifs is 1. The van der Waals surface area contributed by atoms with Gasteiger partial charge in [-0.3, -0.25) is 9.79 Å². The molecule has 0 saturated heterocycles. The predicted octanol–water partition coefficient (Wildman–Crippen LogP) is 4.92. The highest BCUT2D eigenvalue weighted by Crippen LogP contribution is 2.32. The Labute approximate surface area is 166 Å². The van der Waals surface area contributed by atoms with Crippen molar-refractivity contribution in [1.29, 1.82) is 0 Å². The Morgan fingerprint density at radius 3 is 2.55 bits per heavy atom. The number of alkyl halides is 3. The third-order valence-electron chi connectivity index (χ3n) is 4.23. The van der Waals surface area contributed by atoms with Crippen molar-refractivity contribution < 1.29 is 18.3 Å². The molecule has 2 aromatic carbocycles. The third-order valence-corrected chi connectivity index (χ3v) is 4.99. The molecule has 0 radical (unpaired) electrons. The lowest BCUT2D eigenvalue weighted by Gasteiger charge is -2.11. The van der Waals surface area contributed by atoms with Crippen LogP contribution in [0.15, 0.2) is 69.9 Å². The smallest absolute Gasteiger partial charge is 0.416 e. The van der Waals surface area contributed by atoms with Crippen LogP contribution in [0.5, 0.6) is 5.88 Å². The van der Waals surface area contributed by atoms with E-state index in [4.69, 9.17) is 0 Å². The van der Waals surface area contributed by atoms with E-state index in [1.54, 1.807) is 29.6 Å². The van der Waals surface area contributed by atoms with Crippen molar-refractivity contribution in [2.45, 2.75) is 6.18 Å². The zero-order chi connectivity index (χ0) is 20.6. The number of nitrogens with zero attached hydrogens (tertiary/aromatic N) is 3. The van der Waals surface area contributed by atoms with E-state index in [0.717, 1.165) is 28.0 Å². The first-order chi connectivity index (χ1) is 13.9. The van der Waals surface area contributed by atoms with Gasteiger partial charge in [-0.25, -0.2) is 9.55 Å². The van der Waals surface area contributed by atoms with E-state index in [2.05, 4.69) is 9.98 Å². The number of aromatic hydroxyl groups is 1. The van der Waals surface area contributed by atoms with Gasteiger partial charge < -0.3 is 5.11 Å². The summed E-state index contributed by atoms with van der Waals surface area (Å²) in [6, 6.07) is 11.1. The second kappa shape index (κ2) is 7.17.